The van der Waals surface area contributed by atoms with Crippen molar-refractivity contribution in [3.8, 4) is 0 Å². The van der Waals surface area contributed by atoms with E-state index in [1.54, 1.807) is 6.20 Å². The van der Waals surface area contributed by atoms with Crippen LogP contribution in [0, 0.1) is 29.1 Å². The summed E-state index contributed by atoms with van der Waals surface area (Å²) < 4.78 is 0. The largest absolute Gasteiger partial charge is 0.392 e. The Labute approximate surface area is 178 Å². The Bertz CT molecular complexity index is 784. The zero-order valence-electron chi connectivity index (χ0n) is 18.2. The number of hydrogen-bond donors (Lipinski definition) is 3. The molecule has 1 aromatic rings. The molecular formula is C23H34N4O3. The number of hydrogen-bond acceptors (Lipinski definition) is 5. The zero-order valence-corrected chi connectivity index (χ0v) is 18.2. The summed E-state index contributed by atoms with van der Waals surface area (Å²) in [5.74, 6) is -0.233. The number of amides is 2. The summed E-state index contributed by atoms with van der Waals surface area (Å²) >= 11 is 0. The first-order valence-electron chi connectivity index (χ1n) is 11.4. The second-order valence-corrected chi connectivity index (χ2v) is 10.0. The molecule has 1 heterocycles. The quantitative estimate of drug-likeness (QED) is 0.686. The smallest absolute Gasteiger partial charge is 0.271 e. The molecule has 3 fully saturated rings. The third kappa shape index (κ3) is 4.09. The lowest BCUT2D eigenvalue weighted by molar-refractivity contribution is -0.142. The molecule has 30 heavy (non-hydrogen) atoms. The fraction of sp³-hybridized carbons (Fsp3) is 0.739. The van der Waals surface area contributed by atoms with Crippen molar-refractivity contribution in [3.05, 3.63) is 24.3 Å². The van der Waals surface area contributed by atoms with Crippen molar-refractivity contribution in [1.29, 1.82) is 0 Å². The number of carbonyl (C=O) groups excluding carboxylic acids is 2. The Morgan fingerprint density at radius 1 is 1.17 bits per heavy atom. The molecule has 0 unspecified atom stereocenters. The molecule has 1 aromatic heterocycles. The number of fused-ring (bicyclic) bond motifs is 1. The van der Waals surface area contributed by atoms with E-state index in [1.807, 2.05) is 6.92 Å². The fourth-order valence-corrected chi connectivity index (χ4v) is 5.91. The van der Waals surface area contributed by atoms with Gasteiger partial charge in [0.15, 0.2) is 0 Å². The summed E-state index contributed by atoms with van der Waals surface area (Å²) in [6.07, 6.45) is 9.84. The van der Waals surface area contributed by atoms with Gasteiger partial charge in [0.05, 0.1) is 12.3 Å². The van der Waals surface area contributed by atoms with Crippen molar-refractivity contribution in [2.75, 3.05) is 0 Å². The molecule has 2 amide bonds. The molecule has 3 aliphatic carbocycles. The van der Waals surface area contributed by atoms with Gasteiger partial charge in [0.2, 0.25) is 5.91 Å². The Morgan fingerprint density at radius 2 is 1.90 bits per heavy atom. The highest BCUT2D eigenvalue weighted by Crippen LogP contribution is 2.55. The van der Waals surface area contributed by atoms with Crippen LogP contribution in [0.15, 0.2) is 18.6 Å². The van der Waals surface area contributed by atoms with Gasteiger partial charge in [-0.25, -0.2) is 4.98 Å². The molecule has 0 aromatic carbocycles. The van der Waals surface area contributed by atoms with Gasteiger partial charge in [-0.05, 0) is 61.7 Å². The molecule has 7 heteroatoms. The molecule has 7 nitrogen and oxygen atoms in total. The summed E-state index contributed by atoms with van der Waals surface area (Å²) in [7, 11) is 0. The standard InChI is InChI=1S/C23H34N4O3/c1-13(21(29)26-15-4-5-15)16-6-8-23(3)9-7-17(14(2)19(23)20(16)28)27-22(30)18-12-24-10-11-25-18/h10-17,19-20,28H,4-9H2,1-3H3,(H,26,29)(H,27,30)/t13-,14-,16+,17-,19+,20-,23+/m0/s1. The molecule has 0 spiro atoms. The second-order valence-electron chi connectivity index (χ2n) is 10.0. The van der Waals surface area contributed by atoms with Gasteiger partial charge in [0.25, 0.3) is 5.91 Å². The Balaban J connectivity index is 1.46. The van der Waals surface area contributed by atoms with E-state index in [4.69, 9.17) is 0 Å². The number of aromatic nitrogens is 2. The first kappa shape index (κ1) is 21.2. The minimum Gasteiger partial charge on any atom is -0.392 e. The van der Waals surface area contributed by atoms with Crippen LogP contribution < -0.4 is 10.6 Å². The van der Waals surface area contributed by atoms with Crippen LogP contribution in [0.25, 0.3) is 0 Å². The van der Waals surface area contributed by atoms with Crippen molar-refractivity contribution in [2.24, 2.45) is 29.1 Å². The average molecular weight is 415 g/mol. The summed E-state index contributed by atoms with van der Waals surface area (Å²) in [6.45, 7) is 6.35. The van der Waals surface area contributed by atoms with Crippen LogP contribution in [0.4, 0.5) is 0 Å². The van der Waals surface area contributed by atoms with E-state index in [9.17, 15) is 14.7 Å². The Kier molecular flexibility index (Phi) is 5.84. The molecule has 3 N–H and O–H groups in total. The molecule has 3 saturated carbocycles. The van der Waals surface area contributed by atoms with E-state index in [-0.39, 0.29) is 46.9 Å². The molecule has 0 radical (unpaired) electrons. The van der Waals surface area contributed by atoms with Gasteiger partial charge in [-0.2, -0.15) is 0 Å². The zero-order chi connectivity index (χ0) is 21.5. The van der Waals surface area contributed by atoms with Crippen molar-refractivity contribution < 1.29 is 14.7 Å². The highest BCUT2D eigenvalue weighted by molar-refractivity contribution is 5.92. The van der Waals surface area contributed by atoms with Crippen LogP contribution in [0.5, 0.6) is 0 Å². The van der Waals surface area contributed by atoms with Gasteiger partial charge >= 0.3 is 0 Å². The van der Waals surface area contributed by atoms with Crippen LogP contribution >= 0.6 is 0 Å². The molecule has 3 aliphatic rings. The van der Waals surface area contributed by atoms with E-state index in [1.165, 1.54) is 12.4 Å². The maximum absolute atomic E-state index is 12.6. The van der Waals surface area contributed by atoms with Crippen LogP contribution in [0.3, 0.4) is 0 Å². The van der Waals surface area contributed by atoms with Gasteiger partial charge in [0.1, 0.15) is 5.69 Å². The second kappa shape index (κ2) is 8.25. The third-order valence-electron chi connectivity index (χ3n) is 7.98. The Morgan fingerprint density at radius 3 is 2.57 bits per heavy atom. The number of carbonyl (C=O) groups is 2. The summed E-state index contributed by atoms with van der Waals surface area (Å²) in [5.41, 5.74) is 0.348. The molecule has 7 atom stereocenters. The monoisotopic (exact) mass is 414 g/mol. The number of nitrogens with zero attached hydrogens (tertiary/aromatic N) is 2. The Hall–Kier alpha value is -2.02. The normalized spacial score (nSPS) is 37.0. The van der Waals surface area contributed by atoms with E-state index < -0.39 is 6.10 Å². The lowest BCUT2D eigenvalue weighted by Crippen LogP contribution is -2.58. The van der Waals surface area contributed by atoms with Crippen LogP contribution in [0.2, 0.25) is 0 Å². The van der Waals surface area contributed by atoms with E-state index in [0.29, 0.717) is 11.7 Å². The SMILES string of the molecule is C[C@@H]1[C@@H]2[C@@H](O)[C@@H]([C@H](C)C(=O)NC3CC3)CC[C@]2(C)CC[C@@H]1NC(=O)c1cnccn1. The fourth-order valence-electron chi connectivity index (χ4n) is 5.91. The molecule has 4 rings (SSSR count). The molecular weight excluding hydrogens is 380 g/mol. The summed E-state index contributed by atoms with van der Waals surface area (Å²) in [5, 5.41) is 17.6. The van der Waals surface area contributed by atoms with Crippen molar-refractivity contribution >= 4 is 11.8 Å². The topological polar surface area (TPSA) is 104 Å². The first-order valence-corrected chi connectivity index (χ1v) is 11.4. The third-order valence-corrected chi connectivity index (χ3v) is 7.98. The molecule has 164 valence electrons. The highest BCUT2D eigenvalue weighted by atomic mass is 16.3. The number of aliphatic hydroxyl groups excluding tert-OH is 1. The van der Waals surface area contributed by atoms with Gasteiger partial charge in [-0.1, -0.05) is 20.8 Å². The highest BCUT2D eigenvalue weighted by Gasteiger charge is 2.54. The van der Waals surface area contributed by atoms with Crippen LogP contribution in [-0.4, -0.2) is 45.1 Å². The van der Waals surface area contributed by atoms with Crippen molar-refractivity contribution in [1.82, 2.24) is 20.6 Å². The van der Waals surface area contributed by atoms with Gasteiger partial charge in [-0.3, -0.25) is 14.6 Å². The number of aliphatic hydroxyl groups is 1. The number of rotatable bonds is 5. The summed E-state index contributed by atoms with van der Waals surface area (Å²) in [4.78, 5) is 33.3. The minimum atomic E-state index is -0.546. The average Bonchev–Trinajstić information content (AvgIpc) is 3.54. The molecule has 0 bridgehead atoms. The van der Waals surface area contributed by atoms with Gasteiger partial charge < -0.3 is 15.7 Å². The van der Waals surface area contributed by atoms with Gasteiger partial charge in [-0.15, -0.1) is 0 Å². The first-order chi connectivity index (χ1) is 14.3. The lowest BCUT2D eigenvalue weighted by Gasteiger charge is -2.56. The summed E-state index contributed by atoms with van der Waals surface area (Å²) in [6, 6.07) is 0.307. The van der Waals surface area contributed by atoms with Crippen LogP contribution in [0.1, 0.15) is 69.8 Å². The van der Waals surface area contributed by atoms with Crippen molar-refractivity contribution in [3.63, 3.8) is 0 Å². The van der Waals surface area contributed by atoms with E-state index in [2.05, 4.69) is 34.4 Å². The predicted molar refractivity (Wildman–Crippen MR) is 112 cm³/mol. The minimum absolute atomic E-state index is 0.0263. The number of nitrogens with one attached hydrogen (secondary N) is 2. The van der Waals surface area contributed by atoms with E-state index in [0.717, 1.165) is 38.5 Å². The maximum Gasteiger partial charge on any atom is 0.271 e. The predicted octanol–water partition coefficient (Wildman–Crippen LogP) is 2.31. The lowest BCUT2D eigenvalue weighted by atomic mass is 9.51. The van der Waals surface area contributed by atoms with E-state index >= 15 is 0 Å². The van der Waals surface area contributed by atoms with Crippen molar-refractivity contribution in [2.45, 2.75) is 77.5 Å². The maximum atomic E-state index is 12.6. The van der Waals surface area contributed by atoms with Gasteiger partial charge in [0, 0.05) is 30.4 Å². The molecule has 0 saturated heterocycles. The van der Waals surface area contributed by atoms with Crippen LogP contribution in [-0.2, 0) is 4.79 Å². The molecule has 0 aliphatic heterocycles.